The molecule has 0 unspecified atom stereocenters. The predicted molar refractivity (Wildman–Crippen MR) is 107 cm³/mol. The molecular weight excluding hydrogens is 379 g/mol. The molecule has 4 aromatic rings. The van der Waals surface area contributed by atoms with Crippen LogP contribution in [0, 0.1) is 5.82 Å². The summed E-state index contributed by atoms with van der Waals surface area (Å²) < 4.78 is 20.1. The highest BCUT2D eigenvalue weighted by molar-refractivity contribution is 7.17. The Bertz CT molecular complexity index is 1140. The minimum atomic E-state index is -0.870. The third-order valence-electron chi connectivity index (χ3n) is 4.31. The van der Waals surface area contributed by atoms with E-state index in [1.807, 2.05) is 23.6 Å². The molecule has 1 atom stereocenters. The molecular formula is C21H17FN2O3S. The van der Waals surface area contributed by atoms with Crippen LogP contribution < -0.4 is 10.3 Å². The first-order valence-corrected chi connectivity index (χ1v) is 9.58. The molecule has 0 amide bonds. The van der Waals surface area contributed by atoms with Gasteiger partial charge in [-0.1, -0.05) is 30.3 Å². The number of nitrogens with zero attached hydrogens (tertiary/aromatic N) is 2. The van der Waals surface area contributed by atoms with Crippen molar-refractivity contribution >= 4 is 21.6 Å². The van der Waals surface area contributed by atoms with Crippen LogP contribution in [0.5, 0.6) is 5.75 Å². The summed E-state index contributed by atoms with van der Waals surface area (Å²) in [5, 5.41) is 12.6. The number of benzene rings is 2. The van der Waals surface area contributed by atoms with Gasteiger partial charge in [0.2, 0.25) is 0 Å². The van der Waals surface area contributed by atoms with E-state index < -0.39 is 6.10 Å². The zero-order valence-electron chi connectivity index (χ0n) is 14.8. The Balaban J connectivity index is 1.58. The van der Waals surface area contributed by atoms with Crippen LogP contribution in [0.2, 0.25) is 0 Å². The van der Waals surface area contributed by atoms with Gasteiger partial charge in [0.25, 0.3) is 5.56 Å². The van der Waals surface area contributed by atoms with Gasteiger partial charge in [-0.3, -0.25) is 9.36 Å². The van der Waals surface area contributed by atoms with E-state index in [4.69, 9.17) is 4.74 Å². The van der Waals surface area contributed by atoms with Crippen molar-refractivity contribution in [2.45, 2.75) is 12.6 Å². The van der Waals surface area contributed by atoms with Gasteiger partial charge in [-0.2, -0.15) is 0 Å². The summed E-state index contributed by atoms with van der Waals surface area (Å²) in [6.07, 6.45) is 0.562. The summed E-state index contributed by atoms with van der Waals surface area (Å²) in [4.78, 5) is 17.9. The molecule has 0 aliphatic heterocycles. The van der Waals surface area contributed by atoms with E-state index in [2.05, 4.69) is 4.98 Å². The Hall–Kier alpha value is -3.03. The Labute approximate surface area is 164 Å². The second-order valence-electron chi connectivity index (χ2n) is 6.32. The fourth-order valence-electron chi connectivity index (χ4n) is 2.93. The molecule has 4 rings (SSSR count). The van der Waals surface area contributed by atoms with Gasteiger partial charge in [0, 0.05) is 10.9 Å². The molecule has 0 aliphatic carbocycles. The van der Waals surface area contributed by atoms with Crippen LogP contribution in [0.1, 0.15) is 0 Å². The highest BCUT2D eigenvalue weighted by Crippen LogP contribution is 2.30. The highest BCUT2D eigenvalue weighted by atomic mass is 32.1. The van der Waals surface area contributed by atoms with Gasteiger partial charge in [-0.15, -0.1) is 11.3 Å². The lowest BCUT2D eigenvalue weighted by Gasteiger charge is -2.14. The minimum Gasteiger partial charge on any atom is -0.491 e. The number of hydrogen-bond acceptors (Lipinski definition) is 5. The third kappa shape index (κ3) is 3.81. The molecule has 5 nitrogen and oxygen atoms in total. The van der Waals surface area contributed by atoms with Crippen LogP contribution in [0.4, 0.5) is 4.39 Å². The number of aliphatic hydroxyl groups excluding tert-OH is 1. The quantitative estimate of drug-likeness (QED) is 0.540. The first-order chi connectivity index (χ1) is 13.6. The average molecular weight is 396 g/mol. The molecule has 28 heavy (non-hydrogen) atoms. The summed E-state index contributed by atoms with van der Waals surface area (Å²) in [5.74, 6) is 0.319. The summed E-state index contributed by atoms with van der Waals surface area (Å²) >= 11 is 1.36. The second-order valence-corrected chi connectivity index (χ2v) is 7.17. The van der Waals surface area contributed by atoms with Crippen molar-refractivity contribution in [2.24, 2.45) is 0 Å². The fraction of sp³-hybridized carbons (Fsp3) is 0.143. The van der Waals surface area contributed by atoms with E-state index in [9.17, 15) is 14.3 Å². The van der Waals surface area contributed by atoms with Crippen LogP contribution in [-0.4, -0.2) is 27.4 Å². The van der Waals surface area contributed by atoms with Crippen molar-refractivity contribution < 1.29 is 14.2 Å². The van der Waals surface area contributed by atoms with Gasteiger partial charge in [0.15, 0.2) is 0 Å². The minimum absolute atomic E-state index is 0.0585. The molecule has 0 saturated heterocycles. The van der Waals surface area contributed by atoms with Crippen molar-refractivity contribution in [1.82, 2.24) is 9.55 Å². The maximum atomic E-state index is 13.2. The molecule has 0 fully saturated rings. The number of hydrogen-bond donors (Lipinski definition) is 1. The Morgan fingerprint density at radius 3 is 2.64 bits per heavy atom. The molecule has 142 valence electrons. The van der Waals surface area contributed by atoms with Crippen LogP contribution in [0.15, 0.2) is 71.1 Å². The largest absolute Gasteiger partial charge is 0.491 e. The van der Waals surface area contributed by atoms with Crippen LogP contribution in [0.25, 0.3) is 21.3 Å². The van der Waals surface area contributed by atoms with Gasteiger partial charge >= 0.3 is 0 Å². The van der Waals surface area contributed by atoms with E-state index in [0.717, 1.165) is 5.56 Å². The van der Waals surface area contributed by atoms with Crippen molar-refractivity contribution in [3.63, 3.8) is 0 Å². The number of aliphatic hydroxyl groups is 1. The van der Waals surface area contributed by atoms with E-state index in [1.165, 1.54) is 34.4 Å². The predicted octanol–water partition coefficient (Wildman–Crippen LogP) is 3.70. The number of aromatic nitrogens is 2. The molecule has 0 bridgehead atoms. The van der Waals surface area contributed by atoms with Gasteiger partial charge in [-0.05, 0) is 29.8 Å². The zero-order chi connectivity index (χ0) is 19.5. The van der Waals surface area contributed by atoms with Gasteiger partial charge in [0.05, 0.1) is 18.3 Å². The lowest BCUT2D eigenvalue weighted by Crippen LogP contribution is -2.30. The molecule has 2 aromatic carbocycles. The highest BCUT2D eigenvalue weighted by Gasteiger charge is 2.15. The van der Waals surface area contributed by atoms with E-state index >= 15 is 0 Å². The summed E-state index contributed by atoms with van der Waals surface area (Å²) in [6, 6.07) is 15.2. The van der Waals surface area contributed by atoms with Gasteiger partial charge in [-0.25, -0.2) is 9.37 Å². The Morgan fingerprint density at radius 1 is 1.14 bits per heavy atom. The van der Waals surface area contributed by atoms with E-state index in [0.29, 0.717) is 21.5 Å². The Morgan fingerprint density at radius 2 is 1.89 bits per heavy atom. The first kappa shape index (κ1) is 18.3. The van der Waals surface area contributed by atoms with E-state index in [-0.39, 0.29) is 24.5 Å². The van der Waals surface area contributed by atoms with Crippen molar-refractivity contribution in [1.29, 1.82) is 0 Å². The van der Waals surface area contributed by atoms with Crippen molar-refractivity contribution in [3.05, 3.63) is 82.5 Å². The van der Waals surface area contributed by atoms with Crippen LogP contribution >= 0.6 is 11.3 Å². The monoisotopic (exact) mass is 396 g/mol. The zero-order valence-corrected chi connectivity index (χ0v) is 15.6. The fourth-order valence-corrected chi connectivity index (χ4v) is 3.83. The van der Waals surface area contributed by atoms with Crippen LogP contribution in [0.3, 0.4) is 0 Å². The van der Waals surface area contributed by atoms with E-state index in [1.54, 1.807) is 24.3 Å². The number of halogens is 1. The van der Waals surface area contributed by atoms with Gasteiger partial charge in [0.1, 0.15) is 29.1 Å². The average Bonchev–Trinajstić information content (AvgIpc) is 3.15. The standard InChI is InChI=1S/C21H17FN2O3S/c22-15-8-6-14(7-9-15)18-12-28-20-19(18)21(26)24(13-23-20)10-16(25)11-27-17-4-2-1-3-5-17/h1-9,12-13,16,25H,10-11H2/t16-/m0/s1. The third-order valence-corrected chi connectivity index (χ3v) is 5.20. The molecule has 0 radical (unpaired) electrons. The molecule has 7 heteroatoms. The molecule has 0 saturated carbocycles. The molecule has 2 aromatic heterocycles. The maximum Gasteiger partial charge on any atom is 0.262 e. The summed E-state index contributed by atoms with van der Waals surface area (Å²) in [5.41, 5.74) is 1.21. The SMILES string of the molecule is O=c1c2c(-c3ccc(F)cc3)csc2ncn1C[C@H](O)COc1ccccc1. The normalized spacial score (nSPS) is 12.2. The number of ether oxygens (including phenoxy) is 1. The molecule has 0 spiro atoms. The van der Waals surface area contributed by atoms with Crippen LogP contribution in [-0.2, 0) is 6.54 Å². The van der Waals surface area contributed by atoms with Crippen molar-refractivity contribution in [3.8, 4) is 16.9 Å². The first-order valence-electron chi connectivity index (χ1n) is 8.70. The van der Waals surface area contributed by atoms with Crippen molar-refractivity contribution in [2.75, 3.05) is 6.61 Å². The van der Waals surface area contributed by atoms with Gasteiger partial charge < -0.3 is 9.84 Å². The number of thiophene rings is 1. The second kappa shape index (κ2) is 7.92. The maximum absolute atomic E-state index is 13.2. The summed E-state index contributed by atoms with van der Waals surface area (Å²) in [7, 11) is 0. The smallest absolute Gasteiger partial charge is 0.262 e. The molecule has 1 N–H and O–H groups in total. The molecule has 0 aliphatic rings. The number of para-hydroxylation sites is 1. The summed E-state index contributed by atoms with van der Waals surface area (Å²) in [6.45, 7) is 0.121. The topological polar surface area (TPSA) is 64.4 Å². The number of rotatable bonds is 6. The lowest BCUT2D eigenvalue weighted by molar-refractivity contribution is 0.0915. The number of fused-ring (bicyclic) bond motifs is 1. The Kier molecular flexibility index (Phi) is 5.18. The molecule has 2 heterocycles. The lowest BCUT2D eigenvalue weighted by atomic mass is 10.1.